The maximum absolute atomic E-state index is 13.3. The first-order valence-corrected chi connectivity index (χ1v) is 11.9. The molecule has 2 fully saturated rings. The molecule has 1 amide bonds. The number of benzene rings is 1. The van der Waals surface area contributed by atoms with Crippen LogP contribution < -0.4 is 5.32 Å². The van der Waals surface area contributed by atoms with Crippen LogP contribution in [0.15, 0.2) is 47.5 Å². The second-order valence-corrected chi connectivity index (χ2v) is 10.6. The Morgan fingerprint density at radius 2 is 2.16 bits per heavy atom. The SMILES string of the molecule is Cc1c(S(=O)(=O)N2C[C@H]3C[C@@]3(C#N)C2)cc(C(=O)NCc2cccc3ncccc23)n1C. The Morgan fingerprint density at radius 1 is 1.34 bits per heavy atom. The van der Waals surface area contributed by atoms with Gasteiger partial charge in [0.2, 0.25) is 10.0 Å². The number of aromatic nitrogens is 2. The third kappa shape index (κ3) is 3.10. The zero-order valence-electron chi connectivity index (χ0n) is 17.9. The Labute approximate surface area is 186 Å². The van der Waals surface area contributed by atoms with Crippen LogP contribution >= 0.6 is 0 Å². The highest BCUT2D eigenvalue weighted by molar-refractivity contribution is 7.89. The molecule has 32 heavy (non-hydrogen) atoms. The minimum Gasteiger partial charge on any atom is -0.347 e. The maximum Gasteiger partial charge on any atom is 0.268 e. The van der Waals surface area contributed by atoms with Crippen molar-refractivity contribution >= 4 is 26.8 Å². The van der Waals surface area contributed by atoms with Crippen molar-refractivity contribution in [3.8, 4) is 6.07 Å². The number of carbonyl (C=O) groups is 1. The van der Waals surface area contributed by atoms with E-state index in [2.05, 4.69) is 16.4 Å². The molecule has 2 atom stereocenters. The van der Waals surface area contributed by atoms with E-state index in [9.17, 15) is 18.5 Å². The van der Waals surface area contributed by atoms with Crippen LogP contribution in [0.25, 0.3) is 10.9 Å². The van der Waals surface area contributed by atoms with Crippen LogP contribution in [0.3, 0.4) is 0 Å². The summed E-state index contributed by atoms with van der Waals surface area (Å²) < 4.78 is 29.5. The number of carbonyl (C=O) groups excluding carboxylic acids is 1. The van der Waals surface area contributed by atoms with Crippen LogP contribution in [-0.2, 0) is 23.6 Å². The van der Waals surface area contributed by atoms with Gasteiger partial charge in [-0.15, -0.1) is 0 Å². The molecule has 2 aliphatic rings. The average molecular weight is 450 g/mol. The van der Waals surface area contributed by atoms with Gasteiger partial charge in [0, 0.05) is 44.0 Å². The first kappa shape index (κ1) is 20.7. The van der Waals surface area contributed by atoms with Crippen molar-refractivity contribution in [3.05, 3.63) is 59.5 Å². The molecule has 3 heterocycles. The molecule has 0 bridgehead atoms. The summed E-state index contributed by atoms with van der Waals surface area (Å²) in [5.41, 5.74) is 2.03. The monoisotopic (exact) mass is 449 g/mol. The van der Waals surface area contributed by atoms with Crippen molar-refractivity contribution in [1.29, 1.82) is 5.26 Å². The van der Waals surface area contributed by atoms with Crippen molar-refractivity contribution in [2.45, 2.75) is 24.8 Å². The van der Waals surface area contributed by atoms with Gasteiger partial charge >= 0.3 is 0 Å². The Morgan fingerprint density at radius 3 is 2.91 bits per heavy atom. The van der Waals surface area contributed by atoms with Crippen LogP contribution in [0, 0.1) is 29.6 Å². The molecule has 5 rings (SSSR count). The Balaban J connectivity index is 1.38. The Bertz CT molecular complexity index is 1400. The normalized spacial score (nSPS) is 22.5. The molecule has 164 valence electrons. The molecule has 1 aromatic carbocycles. The number of nitrogens with zero attached hydrogens (tertiary/aromatic N) is 4. The molecule has 0 spiro atoms. The van der Waals surface area contributed by atoms with Gasteiger partial charge in [0.05, 0.1) is 17.0 Å². The number of piperidine rings is 1. The number of nitriles is 1. The van der Waals surface area contributed by atoms with Gasteiger partial charge in [-0.2, -0.15) is 9.57 Å². The molecule has 0 unspecified atom stereocenters. The second kappa shape index (κ2) is 7.15. The minimum atomic E-state index is -3.78. The number of sulfonamides is 1. The number of hydrogen-bond donors (Lipinski definition) is 1. The van der Waals surface area contributed by atoms with E-state index in [1.165, 1.54) is 10.4 Å². The lowest BCUT2D eigenvalue weighted by atomic mass is 10.1. The van der Waals surface area contributed by atoms with E-state index in [1.807, 2.05) is 30.3 Å². The third-order valence-electron chi connectivity index (χ3n) is 6.85. The summed E-state index contributed by atoms with van der Waals surface area (Å²) in [7, 11) is -2.09. The molecule has 3 aromatic rings. The smallest absolute Gasteiger partial charge is 0.268 e. The fourth-order valence-corrected chi connectivity index (χ4v) is 6.50. The van der Waals surface area contributed by atoms with Gasteiger partial charge < -0.3 is 9.88 Å². The standard InChI is InChI=1S/C23H23N5O3S/c1-15-21(32(30,31)28-12-17-10-23(17,13-24)14-28)9-20(27(15)2)22(29)26-11-16-5-3-7-19-18(16)6-4-8-25-19/h3-9,17H,10-12,14H2,1-2H3,(H,26,29)/t17-,23-/m1/s1. The van der Waals surface area contributed by atoms with Crippen molar-refractivity contribution < 1.29 is 13.2 Å². The first-order valence-electron chi connectivity index (χ1n) is 10.5. The summed E-state index contributed by atoms with van der Waals surface area (Å²) in [5.74, 6) is -0.236. The summed E-state index contributed by atoms with van der Waals surface area (Å²) in [6.45, 7) is 2.58. The lowest BCUT2D eigenvalue weighted by Crippen LogP contribution is -2.32. The van der Waals surface area contributed by atoms with Gasteiger partial charge in [-0.3, -0.25) is 9.78 Å². The molecule has 1 N–H and O–H groups in total. The van der Waals surface area contributed by atoms with Gasteiger partial charge in [-0.1, -0.05) is 18.2 Å². The number of hydrogen-bond acceptors (Lipinski definition) is 5. The maximum atomic E-state index is 13.3. The first-order chi connectivity index (χ1) is 15.3. The Hall–Kier alpha value is -3.22. The van der Waals surface area contributed by atoms with Gasteiger partial charge in [-0.25, -0.2) is 8.42 Å². The lowest BCUT2D eigenvalue weighted by molar-refractivity contribution is 0.0942. The van der Waals surface area contributed by atoms with E-state index in [1.54, 1.807) is 24.7 Å². The van der Waals surface area contributed by atoms with Crippen LogP contribution in [0.1, 0.15) is 28.2 Å². The zero-order valence-corrected chi connectivity index (χ0v) is 18.7. The van der Waals surface area contributed by atoms with Gasteiger partial charge in [0.1, 0.15) is 10.6 Å². The molecule has 0 radical (unpaired) electrons. The van der Waals surface area contributed by atoms with E-state index in [0.717, 1.165) is 22.9 Å². The molecular formula is C23H23N5O3S. The van der Waals surface area contributed by atoms with Gasteiger partial charge in [-0.05, 0) is 43.0 Å². The quantitative estimate of drug-likeness (QED) is 0.643. The average Bonchev–Trinajstić information content (AvgIpc) is 3.21. The van der Waals surface area contributed by atoms with E-state index >= 15 is 0 Å². The highest BCUT2D eigenvalue weighted by Gasteiger charge is 2.63. The number of amides is 1. The predicted molar refractivity (Wildman–Crippen MR) is 118 cm³/mol. The number of pyridine rings is 1. The molecule has 2 aromatic heterocycles. The highest BCUT2D eigenvalue weighted by atomic mass is 32.2. The van der Waals surface area contributed by atoms with E-state index in [-0.39, 0.29) is 29.0 Å². The number of rotatable bonds is 5. The van der Waals surface area contributed by atoms with E-state index in [0.29, 0.717) is 18.8 Å². The van der Waals surface area contributed by atoms with Gasteiger partial charge in [0.25, 0.3) is 5.91 Å². The number of fused-ring (bicyclic) bond motifs is 2. The van der Waals surface area contributed by atoms with Gasteiger partial charge in [0.15, 0.2) is 0 Å². The topological polar surface area (TPSA) is 108 Å². The third-order valence-corrected chi connectivity index (χ3v) is 8.78. The summed E-state index contributed by atoms with van der Waals surface area (Å²) in [4.78, 5) is 17.4. The highest BCUT2D eigenvalue weighted by Crippen LogP contribution is 2.58. The molecule has 1 saturated heterocycles. The largest absolute Gasteiger partial charge is 0.347 e. The summed E-state index contributed by atoms with van der Waals surface area (Å²) in [6.07, 6.45) is 2.49. The van der Waals surface area contributed by atoms with Crippen molar-refractivity contribution in [2.24, 2.45) is 18.4 Å². The fourth-order valence-electron chi connectivity index (χ4n) is 4.67. The molecule has 1 aliphatic heterocycles. The fraction of sp³-hybridized carbons (Fsp3) is 0.348. The molecular weight excluding hydrogens is 426 g/mol. The predicted octanol–water partition coefficient (Wildman–Crippen LogP) is 2.35. The van der Waals surface area contributed by atoms with Crippen LogP contribution in [-0.4, -0.2) is 41.3 Å². The molecule has 1 aliphatic carbocycles. The van der Waals surface area contributed by atoms with Crippen molar-refractivity contribution in [2.75, 3.05) is 13.1 Å². The van der Waals surface area contributed by atoms with Crippen LogP contribution in [0.4, 0.5) is 0 Å². The van der Waals surface area contributed by atoms with Crippen molar-refractivity contribution in [3.63, 3.8) is 0 Å². The van der Waals surface area contributed by atoms with E-state index < -0.39 is 15.4 Å². The van der Waals surface area contributed by atoms with Crippen molar-refractivity contribution in [1.82, 2.24) is 19.2 Å². The van der Waals surface area contributed by atoms with Crippen LogP contribution in [0.5, 0.6) is 0 Å². The number of nitrogens with one attached hydrogen (secondary N) is 1. The Kier molecular flexibility index (Phi) is 4.62. The molecule has 8 nitrogen and oxygen atoms in total. The summed E-state index contributed by atoms with van der Waals surface area (Å²) in [6, 6.07) is 13.3. The zero-order chi connectivity index (χ0) is 22.7. The van der Waals surface area contributed by atoms with E-state index in [4.69, 9.17) is 0 Å². The molecule has 9 heteroatoms. The summed E-state index contributed by atoms with van der Waals surface area (Å²) >= 11 is 0. The lowest BCUT2D eigenvalue weighted by Gasteiger charge is -2.18. The van der Waals surface area contributed by atoms with Crippen LogP contribution in [0.2, 0.25) is 0 Å². The molecule has 1 saturated carbocycles. The second-order valence-electron chi connectivity index (χ2n) is 8.67. The summed E-state index contributed by atoms with van der Waals surface area (Å²) in [5, 5.41) is 13.2. The minimum absolute atomic E-state index is 0.115.